The van der Waals surface area contributed by atoms with Crippen LogP contribution in [0.15, 0.2) is 48.6 Å². The van der Waals surface area contributed by atoms with Crippen LogP contribution in [0.4, 0.5) is 11.4 Å². The summed E-state index contributed by atoms with van der Waals surface area (Å²) in [6, 6.07) is 8.44. The largest absolute Gasteiger partial charge is 0.398 e. The summed E-state index contributed by atoms with van der Waals surface area (Å²) < 4.78 is 29.7. The van der Waals surface area contributed by atoms with Crippen LogP contribution < -0.4 is 10.5 Å². The molecule has 0 heterocycles. The van der Waals surface area contributed by atoms with E-state index in [4.69, 9.17) is 5.73 Å². The average Bonchev–Trinajstić information content (AvgIpc) is 2.37. The number of hydrogen-bond acceptors (Lipinski definition) is 3. The van der Waals surface area contributed by atoms with Gasteiger partial charge in [-0.25, -0.2) is 8.42 Å². The second-order valence-corrected chi connectivity index (χ2v) is 8.68. The zero-order valence-corrected chi connectivity index (χ0v) is 16.4. The maximum Gasteiger partial charge on any atom is 0.262 e. The molecule has 0 saturated carbocycles. The van der Waals surface area contributed by atoms with Crippen molar-refractivity contribution < 1.29 is 8.42 Å². The molecule has 0 saturated heterocycles. The Labute approximate surface area is 148 Å². The zero-order valence-electron chi connectivity index (χ0n) is 10.8. The molecule has 0 fully saturated rings. The molecule has 112 valence electrons. The van der Waals surface area contributed by atoms with E-state index in [1.54, 1.807) is 25.1 Å². The molecule has 8 heteroatoms. The SMILES string of the molecule is Cc1c(N)cc(Br)cc1S(=O)(=O)Nc1cc(Br)ccc1Br. The summed E-state index contributed by atoms with van der Waals surface area (Å²) in [6.07, 6.45) is 0. The van der Waals surface area contributed by atoms with E-state index >= 15 is 0 Å². The lowest BCUT2D eigenvalue weighted by Crippen LogP contribution is -2.15. The van der Waals surface area contributed by atoms with Crippen molar-refractivity contribution in [3.05, 3.63) is 49.3 Å². The van der Waals surface area contributed by atoms with E-state index in [-0.39, 0.29) is 4.90 Å². The number of sulfonamides is 1. The van der Waals surface area contributed by atoms with E-state index in [0.29, 0.717) is 25.9 Å². The second-order valence-electron chi connectivity index (χ2n) is 4.35. The number of nitrogens with one attached hydrogen (secondary N) is 1. The molecule has 0 aliphatic carbocycles. The first kappa shape index (κ1) is 16.8. The van der Waals surface area contributed by atoms with Gasteiger partial charge in [-0.1, -0.05) is 31.9 Å². The second kappa shape index (κ2) is 6.28. The normalized spacial score (nSPS) is 11.4. The molecule has 0 aromatic heterocycles. The van der Waals surface area contributed by atoms with E-state index in [0.717, 1.165) is 4.47 Å². The van der Waals surface area contributed by atoms with Crippen LogP contribution in [0, 0.1) is 6.92 Å². The molecular weight excluding hydrogens is 488 g/mol. The third-order valence-electron chi connectivity index (χ3n) is 2.83. The highest BCUT2D eigenvalue weighted by Crippen LogP contribution is 2.31. The molecule has 0 amide bonds. The van der Waals surface area contributed by atoms with Gasteiger partial charge < -0.3 is 5.73 Å². The summed E-state index contributed by atoms with van der Waals surface area (Å²) >= 11 is 9.90. The van der Waals surface area contributed by atoms with Gasteiger partial charge in [0.2, 0.25) is 0 Å². The van der Waals surface area contributed by atoms with Gasteiger partial charge in [-0.15, -0.1) is 0 Å². The number of rotatable bonds is 3. The van der Waals surface area contributed by atoms with Crippen molar-refractivity contribution in [2.45, 2.75) is 11.8 Å². The smallest absolute Gasteiger partial charge is 0.262 e. The van der Waals surface area contributed by atoms with Gasteiger partial charge in [0.15, 0.2) is 0 Å². The molecule has 0 radical (unpaired) electrons. The fourth-order valence-electron chi connectivity index (χ4n) is 1.73. The molecule has 0 aliphatic rings. The molecule has 4 nitrogen and oxygen atoms in total. The van der Waals surface area contributed by atoms with Crippen molar-refractivity contribution >= 4 is 69.2 Å². The van der Waals surface area contributed by atoms with E-state index in [1.165, 1.54) is 6.07 Å². The predicted octanol–water partition coefficient (Wildman–Crippen LogP) is 4.67. The lowest BCUT2D eigenvalue weighted by atomic mass is 10.2. The number of nitrogen functional groups attached to an aromatic ring is 1. The first-order valence-corrected chi connectivity index (χ1v) is 9.60. The summed E-state index contributed by atoms with van der Waals surface area (Å²) in [6.45, 7) is 1.67. The molecule has 0 unspecified atom stereocenters. The highest BCUT2D eigenvalue weighted by Gasteiger charge is 2.20. The van der Waals surface area contributed by atoms with Crippen LogP contribution in [-0.2, 0) is 10.0 Å². The lowest BCUT2D eigenvalue weighted by Gasteiger charge is -2.13. The minimum Gasteiger partial charge on any atom is -0.398 e. The Morgan fingerprint density at radius 2 is 1.71 bits per heavy atom. The van der Waals surface area contributed by atoms with Crippen molar-refractivity contribution in [3.63, 3.8) is 0 Å². The Morgan fingerprint density at radius 1 is 1.05 bits per heavy atom. The lowest BCUT2D eigenvalue weighted by molar-refractivity contribution is 0.600. The summed E-state index contributed by atoms with van der Waals surface area (Å²) in [4.78, 5) is 0.140. The molecular formula is C13H11Br3N2O2S. The standard InChI is InChI=1S/C13H11Br3N2O2S/c1-7-11(17)4-9(15)6-13(7)21(19,20)18-12-5-8(14)2-3-10(12)16/h2-6,18H,17H2,1H3. The highest BCUT2D eigenvalue weighted by atomic mass is 79.9. The summed E-state index contributed by atoms with van der Waals surface area (Å²) in [5.41, 5.74) is 7.20. The monoisotopic (exact) mass is 496 g/mol. The quantitative estimate of drug-likeness (QED) is 0.604. The topological polar surface area (TPSA) is 72.2 Å². The summed E-state index contributed by atoms with van der Waals surface area (Å²) in [5, 5.41) is 0. The minimum absolute atomic E-state index is 0.140. The molecule has 2 aromatic carbocycles. The van der Waals surface area contributed by atoms with E-state index < -0.39 is 10.0 Å². The van der Waals surface area contributed by atoms with Gasteiger partial charge in [0, 0.05) is 19.1 Å². The van der Waals surface area contributed by atoms with Gasteiger partial charge >= 0.3 is 0 Å². The van der Waals surface area contributed by atoms with Crippen molar-refractivity contribution in [2.75, 3.05) is 10.5 Å². The number of hydrogen-bond donors (Lipinski definition) is 2. The van der Waals surface area contributed by atoms with E-state index in [2.05, 4.69) is 52.5 Å². The van der Waals surface area contributed by atoms with Crippen LogP contribution in [0.5, 0.6) is 0 Å². The molecule has 3 N–H and O–H groups in total. The Balaban J connectivity index is 2.51. The van der Waals surface area contributed by atoms with Crippen LogP contribution in [0.25, 0.3) is 0 Å². The number of anilines is 2. The highest BCUT2D eigenvalue weighted by molar-refractivity contribution is 9.11. The third-order valence-corrected chi connectivity index (χ3v) is 5.96. The average molecular weight is 499 g/mol. The summed E-state index contributed by atoms with van der Waals surface area (Å²) in [7, 11) is -3.74. The first-order valence-electron chi connectivity index (χ1n) is 5.74. The fraction of sp³-hybridized carbons (Fsp3) is 0.0769. The summed E-state index contributed by atoms with van der Waals surface area (Å²) in [5.74, 6) is 0. The molecule has 2 rings (SSSR count). The number of nitrogens with two attached hydrogens (primary N) is 1. The predicted molar refractivity (Wildman–Crippen MR) is 95.9 cm³/mol. The molecule has 21 heavy (non-hydrogen) atoms. The van der Waals surface area contributed by atoms with E-state index in [9.17, 15) is 8.42 Å². The molecule has 0 bridgehead atoms. The van der Waals surface area contributed by atoms with Crippen molar-refractivity contribution in [3.8, 4) is 0 Å². The fourth-order valence-corrected chi connectivity index (χ4v) is 4.57. The van der Waals surface area contributed by atoms with Crippen LogP contribution >= 0.6 is 47.8 Å². The van der Waals surface area contributed by atoms with Gasteiger partial charge in [0.25, 0.3) is 10.0 Å². The van der Waals surface area contributed by atoms with Gasteiger partial charge in [0.05, 0.1) is 10.6 Å². The Bertz CT molecular complexity index is 807. The third kappa shape index (κ3) is 3.80. The van der Waals surface area contributed by atoms with Gasteiger partial charge in [-0.2, -0.15) is 0 Å². The minimum atomic E-state index is -3.74. The Hall–Kier alpha value is -0.570. The maximum absolute atomic E-state index is 12.6. The van der Waals surface area contributed by atoms with Crippen molar-refractivity contribution in [1.82, 2.24) is 0 Å². The Morgan fingerprint density at radius 3 is 2.38 bits per heavy atom. The van der Waals surface area contributed by atoms with E-state index in [1.807, 2.05) is 6.07 Å². The number of halogens is 3. The molecule has 2 aromatic rings. The first-order chi connectivity index (χ1) is 9.70. The number of benzene rings is 2. The van der Waals surface area contributed by atoms with Crippen molar-refractivity contribution in [2.24, 2.45) is 0 Å². The molecule has 0 aliphatic heterocycles. The van der Waals surface area contributed by atoms with Crippen LogP contribution in [0.2, 0.25) is 0 Å². The van der Waals surface area contributed by atoms with Gasteiger partial charge in [-0.05, 0) is 58.7 Å². The maximum atomic E-state index is 12.6. The van der Waals surface area contributed by atoms with Crippen LogP contribution in [0.3, 0.4) is 0 Å². The van der Waals surface area contributed by atoms with Crippen molar-refractivity contribution in [1.29, 1.82) is 0 Å². The van der Waals surface area contributed by atoms with Crippen LogP contribution in [0.1, 0.15) is 5.56 Å². The van der Waals surface area contributed by atoms with Gasteiger partial charge in [-0.3, -0.25) is 4.72 Å². The Kier molecular flexibility index (Phi) is 5.02. The zero-order chi connectivity index (χ0) is 15.8. The molecule has 0 spiro atoms. The van der Waals surface area contributed by atoms with Crippen LogP contribution in [-0.4, -0.2) is 8.42 Å². The molecule has 0 atom stereocenters. The van der Waals surface area contributed by atoms with Gasteiger partial charge in [0.1, 0.15) is 0 Å².